The summed E-state index contributed by atoms with van der Waals surface area (Å²) in [6.07, 6.45) is -4.57. The lowest BCUT2D eigenvalue weighted by Crippen LogP contribution is -2.43. The molecule has 6 nitrogen and oxygen atoms in total. The topological polar surface area (TPSA) is 92.5 Å². The van der Waals surface area contributed by atoms with Crippen molar-refractivity contribution >= 4 is 23.4 Å². The molecular formula is C12H10F3N3O3. The van der Waals surface area contributed by atoms with Crippen molar-refractivity contribution in [3.63, 3.8) is 0 Å². The number of alkyl halides is 3. The Balaban J connectivity index is 2.10. The summed E-state index contributed by atoms with van der Waals surface area (Å²) in [6.45, 7) is -2.32. The molecule has 0 saturated heterocycles. The van der Waals surface area contributed by atoms with Gasteiger partial charge in [0.15, 0.2) is 0 Å². The highest BCUT2D eigenvalue weighted by Gasteiger charge is 2.38. The van der Waals surface area contributed by atoms with Crippen molar-refractivity contribution < 1.29 is 27.6 Å². The number of halogens is 3. The summed E-state index contributed by atoms with van der Waals surface area (Å²) in [7, 11) is 0. The van der Waals surface area contributed by atoms with Gasteiger partial charge in [0.2, 0.25) is 5.91 Å². The summed E-state index contributed by atoms with van der Waals surface area (Å²) < 4.78 is 35.9. The van der Waals surface area contributed by atoms with Crippen LogP contribution in [0.1, 0.15) is 20.7 Å². The number of anilines is 1. The zero-order valence-electron chi connectivity index (χ0n) is 10.5. The minimum absolute atomic E-state index is 0.0311. The second-order valence-electron chi connectivity index (χ2n) is 4.36. The molecule has 0 radical (unpaired) electrons. The fourth-order valence-corrected chi connectivity index (χ4v) is 1.90. The number of rotatable bonds is 3. The fourth-order valence-electron chi connectivity index (χ4n) is 1.90. The Morgan fingerprint density at radius 3 is 2.48 bits per heavy atom. The lowest BCUT2D eigenvalue weighted by Gasteiger charge is -2.14. The van der Waals surface area contributed by atoms with Crippen LogP contribution in [0.25, 0.3) is 0 Å². The summed E-state index contributed by atoms with van der Waals surface area (Å²) in [4.78, 5) is 35.9. The third kappa shape index (κ3) is 2.96. The predicted octanol–water partition coefficient (Wildman–Crippen LogP) is 0.543. The normalized spacial score (nSPS) is 14.3. The summed E-state index contributed by atoms with van der Waals surface area (Å²) in [5.41, 5.74) is 5.65. The third-order valence-corrected chi connectivity index (χ3v) is 2.82. The summed E-state index contributed by atoms with van der Waals surface area (Å²) >= 11 is 0. The van der Waals surface area contributed by atoms with E-state index < -0.39 is 37.0 Å². The van der Waals surface area contributed by atoms with E-state index in [1.165, 1.54) is 18.2 Å². The highest BCUT2D eigenvalue weighted by atomic mass is 19.4. The Morgan fingerprint density at radius 1 is 1.24 bits per heavy atom. The molecule has 0 unspecified atom stereocenters. The van der Waals surface area contributed by atoms with Crippen LogP contribution in [0.15, 0.2) is 18.2 Å². The van der Waals surface area contributed by atoms with Crippen LogP contribution >= 0.6 is 0 Å². The number of nitrogens with two attached hydrogens (primary N) is 1. The van der Waals surface area contributed by atoms with Gasteiger partial charge in [-0.2, -0.15) is 13.2 Å². The molecule has 1 heterocycles. The van der Waals surface area contributed by atoms with Gasteiger partial charge in [0.1, 0.15) is 13.1 Å². The molecule has 112 valence electrons. The van der Waals surface area contributed by atoms with Crippen molar-refractivity contribution in [1.29, 1.82) is 0 Å². The van der Waals surface area contributed by atoms with Gasteiger partial charge in [0.05, 0.1) is 11.1 Å². The standard InChI is InChI=1S/C12H10F3N3O3/c13-12(14,15)5-17-8(19)4-18-10(20)6-2-1-3-7(16)9(6)11(18)21/h1-3H,4-5,16H2,(H,17,19). The van der Waals surface area contributed by atoms with E-state index in [2.05, 4.69) is 0 Å². The van der Waals surface area contributed by atoms with Crippen molar-refractivity contribution in [3.05, 3.63) is 29.3 Å². The van der Waals surface area contributed by atoms with E-state index in [0.717, 1.165) is 0 Å². The van der Waals surface area contributed by atoms with Gasteiger partial charge in [-0.25, -0.2) is 0 Å². The number of benzene rings is 1. The fraction of sp³-hybridized carbons (Fsp3) is 0.250. The third-order valence-electron chi connectivity index (χ3n) is 2.82. The maximum atomic E-state index is 12.0. The number of hydrogen-bond acceptors (Lipinski definition) is 4. The van der Waals surface area contributed by atoms with Crippen LogP contribution in [0.4, 0.5) is 18.9 Å². The number of nitrogen functional groups attached to an aromatic ring is 1. The maximum Gasteiger partial charge on any atom is 0.405 e. The van der Waals surface area contributed by atoms with Crippen molar-refractivity contribution in [2.75, 3.05) is 18.8 Å². The second kappa shape index (κ2) is 5.08. The number of nitrogens with zero attached hydrogens (tertiary/aromatic N) is 1. The highest BCUT2D eigenvalue weighted by Crippen LogP contribution is 2.27. The maximum absolute atomic E-state index is 12.0. The van der Waals surface area contributed by atoms with Crippen molar-refractivity contribution in [3.8, 4) is 0 Å². The van der Waals surface area contributed by atoms with Crippen LogP contribution in [0.3, 0.4) is 0 Å². The van der Waals surface area contributed by atoms with E-state index >= 15 is 0 Å². The van der Waals surface area contributed by atoms with Crippen LogP contribution in [0.5, 0.6) is 0 Å². The van der Waals surface area contributed by atoms with Crippen LogP contribution < -0.4 is 11.1 Å². The molecule has 0 atom stereocenters. The average molecular weight is 301 g/mol. The number of imide groups is 1. The number of hydrogen-bond donors (Lipinski definition) is 2. The van der Waals surface area contributed by atoms with Gasteiger partial charge in [-0.15, -0.1) is 0 Å². The first-order valence-electron chi connectivity index (χ1n) is 5.79. The first-order valence-corrected chi connectivity index (χ1v) is 5.79. The van der Waals surface area contributed by atoms with Gasteiger partial charge in [0.25, 0.3) is 11.8 Å². The Bertz CT molecular complexity index is 628. The molecular weight excluding hydrogens is 291 g/mol. The molecule has 3 N–H and O–H groups in total. The van der Waals surface area contributed by atoms with E-state index in [1.54, 1.807) is 5.32 Å². The molecule has 1 aliphatic rings. The molecule has 1 aliphatic heterocycles. The molecule has 0 aliphatic carbocycles. The smallest absolute Gasteiger partial charge is 0.398 e. The molecule has 0 bridgehead atoms. The SMILES string of the molecule is Nc1cccc2c1C(=O)N(CC(=O)NCC(F)(F)F)C2=O. The summed E-state index contributed by atoms with van der Waals surface area (Å²) in [5, 5.41) is 1.59. The van der Waals surface area contributed by atoms with E-state index in [4.69, 9.17) is 5.73 Å². The summed E-state index contributed by atoms with van der Waals surface area (Å²) in [6, 6.07) is 4.24. The van der Waals surface area contributed by atoms with Crippen LogP contribution in [0, 0.1) is 0 Å². The van der Waals surface area contributed by atoms with Crippen LogP contribution in [-0.2, 0) is 4.79 Å². The first kappa shape index (κ1) is 14.8. The number of nitrogens with one attached hydrogen (secondary N) is 1. The van der Waals surface area contributed by atoms with Crippen molar-refractivity contribution in [2.24, 2.45) is 0 Å². The molecule has 0 saturated carbocycles. The highest BCUT2D eigenvalue weighted by molar-refractivity contribution is 6.24. The molecule has 9 heteroatoms. The van der Waals surface area contributed by atoms with Gasteiger partial charge >= 0.3 is 6.18 Å². The summed E-state index contributed by atoms with van der Waals surface area (Å²) in [5.74, 6) is -2.64. The molecule has 0 spiro atoms. The lowest BCUT2D eigenvalue weighted by atomic mass is 10.1. The molecule has 1 aromatic carbocycles. The van der Waals surface area contributed by atoms with Crippen LogP contribution in [0.2, 0.25) is 0 Å². The zero-order chi connectivity index (χ0) is 15.8. The Labute approximate surface area is 116 Å². The minimum Gasteiger partial charge on any atom is -0.398 e. The lowest BCUT2D eigenvalue weighted by molar-refractivity contribution is -0.138. The molecule has 0 aromatic heterocycles. The minimum atomic E-state index is -4.57. The zero-order valence-corrected chi connectivity index (χ0v) is 10.5. The van der Waals surface area contributed by atoms with E-state index in [9.17, 15) is 27.6 Å². The van der Waals surface area contributed by atoms with Crippen molar-refractivity contribution in [2.45, 2.75) is 6.18 Å². The van der Waals surface area contributed by atoms with E-state index in [0.29, 0.717) is 4.90 Å². The van der Waals surface area contributed by atoms with Crippen molar-refractivity contribution in [1.82, 2.24) is 10.2 Å². The number of amides is 3. The monoisotopic (exact) mass is 301 g/mol. The Hall–Kier alpha value is -2.58. The first-order chi connectivity index (χ1) is 9.70. The van der Waals surface area contributed by atoms with E-state index in [-0.39, 0.29) is 16.8 Å². The Morgan fingerprint density at radius 2 is 1.90 bits per heavy atom. The number of fused-ring (bicyclic) bond motifs is 1. The molecule has 21 heavy (non-hydrogen) atoms. The molecule has 1 aromatic rings. The Kier molecular flexibility index (Phi) is 3.58. The van der Waals surface area contributed by atoms with Gasteiger partial charge in [-0.05, 0) is 12.1 Å². The molecule has 0 fully saturated rings. The van der Waals surface area contributed by atoms with Gasteiger partial charge in [-0.3, -0.25) is 19.3 Å². The number of carbonyl (C=O) groups excluding carboxylic acids is 3. The van der Waals surface area contributed by atoms with Gasteiger partial charge < -0.3 is 11.1 Å². The average Bonchev–Trinajstić information content (AvgIpc) is 2.62. The molecule has 2 rings (SSSR count). The molecule has 3 amide bonds. The second-order valence-corrected chi connectivity index (χ2v) is 4.36. The predicted molar refractivity (Wildman–Crippen MR) is 65.3 cm³/mol. The largest absolute Gasteiger partial charge is 0.405 e. The van der Waals surface area contributed by atoms with Crippen LogP contribution in [-0.4, -0.2) is 41.9 Å². The number of carbonyl (C=O) groups is 3. The van der Waals surface area contributed by atoms with E-state index in [1.807, 2.05) is 0 Å². The quantitative estimate of drug-likeness (QED) is 0.629. The van der Waals surface area contributed by atoms with Gasteiger partial charge in [0, 0.05) is 5.69 Å². The van der Waals surface area contributed by atoms with Gasteiger partial charge in [-0.1, -0.05) is 6.07 Å².